The van der Waals surface area contributed by atoms with Crippen LogP contribution >= 0.6 is 28.6 Å². The van der Waals surface area contributed by atoms with Crippen LogP contribution in [0.5, 0.6) is 17.2 Å². The van der Waals surface area contributed by atoms with Crippen LogP contribution in [0.2, 0.25) is 0 Å². The Bertz CT molecular complexity index is 2820. The molecule has 9 aromatic rings. The molecule has 0 spiro atoms. The zero-order chi connectivity index (χ0) is 46.9. The molecule has 0 atom stereocenters. The fourth-order valence-corrected chi connectivity index (χ4v) is 18.0. The van der Waals surface area contributed by atoms with Gasteiger partial charge in [-0.1, -0.05) is 218 Å². The summed E-state index contributed by atoms with van der Waals surface area (Å²) < 4.78 is 82.8. The van der Waals surface area contributed by atoms with Crippen LogP contribution in [-0.4, -0.2) is 19.0 Å². The molecule has 0 aliphatic heterocycles. The Morgan fingerprint density at radius 2 is 0.412 bits per heavy atom. The molecule has 0 aromatic heterocycles. The monoisotopic (exact) mass is 968 g/mol. The van der Waals surface area contributed by atoms with Crippen LogP contribution in [-0.2, 0) is 18.3 Å². The highest BCUT2D eigenvalue weighted by Gasteiger charge is 2.37. The van der Waals surface area contributed by atoms with E-state index in [1.807, 2.05) is 200 Å². The lowest BCUT2D eigenvalue weighted by Gasteiger charge is -2.26. The number of para-hydroxylation sites is 3. The van der Waals surface area contributed by atoms with Crippen LogP contribution in [0.4, 0.5) is 0 Å². The second kappa shape index (κ2) is 20.7. The molecule has 0 aliphatic carbocycles. The maximum Gasteiger partial charge on any atom is 0.194 e. The number of ether oxygens (including phenoxy) is 3. The van der Waals surface area contributed by atoms with E-state index in [0.717, 1.165) is 0 Å². The largest absolute Gasteiger partial charge is 0.485 e. The van der Waals surface area contributed by atoms with E-state index in [9.17, 15) is 0 Å². The molecule has 0 heterocycles. The minimum atomic E-state index is -3.80. The van der Waals surface area contributed by atoms with Crippen LogP contribution in [0, 0.1) is 0 Å². The molecule has 338 valence electrons. The number of rotatable bonds is 18. The van der Waals surface area contributed by atoms with Crippen molar-refractivity contribution in [1.29, 1.82) is 0 Å². The molecule has 0 amide bonds. The molecule has 68 heavy (non-hydrogen) atoms. The lowest BCUT2D eigenvalue weighted by molar-refractivity contribution is 0.321. The molecule has 0 radical (unpaired) electrons. The summed E-state index contributed by atoms with van der Waals surface area (Å²) in [4.78, 5) is 0. The smallest absolute Gasteiger partial charge is 0.194 e. The molecule has 7 nitrogen and oxygen atoms in total. The first kappa shape index (κ1) is 46.4. The Morgan fingerprint density at radius 1 is 0.235 bits per heavy atom. The molecule has 0 unspecified atom stereocenters. The number of benzene rings is 9. The topological polar surface area (TPSA) is 96.0 Å². The van der Waals surface area contributed by atoms with E-state index < -0.39 is 28.6 Å². The molecule has 0 bridgehead atoms. The maximum absolute atomic E-state index is 15.9. The summed E-state index contributed by atoms with van der Waals surface area (Å²) in [6.45, 7) is 0. The number of hydrogen-bond donors (Lipinski definition) is 0. The van der Waals surface area contributed by atoms with Crippen molar-refractivity contribution in [3.05, 3.63) is 255 Å². The molecular weight excluding hydrogens is 921 g/mol. The van der Waals surface area contributed by atoms with Crippen molar-refractivity contribution in [3.8, 4) is 17.2 Å². The van der Waals surface area contributed by atoms with Crippen molar-refractivity contribution in [2.24, 2.45) is 0 Å². The van der Waals surface area contributed by atoms with E-state index in [1.54, 1.807) is 54.6 Å². The van der Waals surface area contributed by atoms with Gasteiger partial charge in [0.15, 0.2) is 28.6 Å². The molecule has 0 saturated carbocycles. The maximum atomic E-state index is 15.9. The lowest BCUT2D eigenvalue weighted by Crippen LogP contribution is -2.28. The highest BCUT2D eigenvalue weighted by molar-refractivity contribution is 7.86. The van der Waals surface area contributed by atoms with Gasteiger partial charge in [-0.25, -0.2) is 0 Å². The van der Waals surface area contributed by atoms with Gasteiger partial charge in [-0.15, -0.1) is 0 Å². The molecule has 0 N–H and O–H groups in total. The quantitative estimate of drug-likeness (QED) is 0.0791. The van der Waals surface area contributed by atoms with E-state index >= 15 is 18.3 Å². The predicted octanol–water partition coefficient (Wildman–Crippen LogP) is 10.4. The highest BCUT2D eigenvalue weighted by atomic mass is 31.2. The lowest BCUT2D eigenvalue weighted by atomic mass is 10.3. The first-order valence-corrected chi connectivity index (χ1v) is 29.5. The summed E-state index contributed by atoms with van der Waals surface area (Å²) in [7, 11) is -14.4. The van der Waals surface area contributed by atoms with Crippen molar-refractivity contribution in [2.75, 3.05) is 19.0 Å². The van der Waals surface area contributed by atoms with Gasteiger partial charge in [0.1, 0.15) is 36.3 Å². The van der Waals surface area contributed by atoms with Gasteiger partial charge in [0, 0.05) is 31.8 Å². The van der Waals surface area contributed by atoms with Crippen molar-refractivity contribution in [3.63, 3.8) is 0 Å². The summed E-state index contributed by atoms with van der Waals surface area (Å²) in [5, 5.41) is 5.04. The predicted molar refractivity (Wildman–Crippen MR) is 282 cm³/mol. The molecule has 9 rings (SSSR count). The van der Waals surface area contributed by atoms with Gasteiger partial charge in [0.25, 0.3) is 0 Å². The fourth-order valence-electron chi connectivity index (χ4n) is 8.30. The average molecular weight is 969 g/mol. The summed E-state index contributed by atoms with van der Waals surface area (Å²) in [5.41, 5.74) is 0. The first-order valence-electron chi connectivity index (χ1n) is 22.1. The van der Waals surface area contributed by atoms with Gasteiger partial charge in [-0.3, -0.25) is 0 Å². The van der Waals surface area contributed by atoms with Gasteiger partial charge < -0.3 is 32.5 Å². The van der Waals surface area contributed by atoms with Gasteiger partial charge in [-0.2, -0.15) is 0 Å². The summed E-state index contributed by atoms with van der Waals surface area (Å²) in [6.07, 6.45) is -1.16. The Hall–Kier alpha value is -6.70. The van der Waals surface area contributed by atoms with E-state index in [-0.39, 0.29) is 19.0 Å². The standard InChI is InChI=1S/C57H48O7P4/c58-65(43-62-52-37-19-22-40-55(52)66(59,46-25-7-1-8-26-46)47-27-9-2-10-28-47,44-63-53-38-20-23-41-56(53)67(60,48-29-11-3-12-30-48)49-31-13-4-14-32-49)45-64-54-39-21-24-42-57(54)68(61,50-33-15-5-16-34-50)51-35-17-6-18-36-51/h1-42H,43-45H2. The van der Waals surface area contributed by atoms with E-state index in [2.05, 4.69) is 0 Å². The second-order valence-corrected chi connectivity index (χ2v) is 27.2. The normalized spacial score (nSPS) is 11.9. The molecular formula is C57H48O7P4. The van der Waals surface area contributed by atoms with Crippen molar-refractivity contribution in [1.82, 2.24) is 0 Å². The molecule has 11 heteroatoms. The van der Waals surface area contributed by atoms with E-state index in [1.165, 1.54) is 0 Å². The SMILES string of the molecule is O=P(COc1ccccc1P(=O)(c1ccccc1)c1ccccc1)(COc1ccccc1P(=O)(c1ccccc1)c1ccccc1)COc1ccccc1P(=O)(c1ccccc1)c1ccccc1. The molecule has 0 aliphatic rings. The molecule has 0 saturated heterocycles. The van der Waals surface area contributed by atoms with E-state index in [4.69, 9.17) is 14.2 Å². The Labute approximate surface area is 397 Å². The fraction of sp³-hybridized carbons (Fsp3) is 0.0526. The first-order chi connectivity index (χ1) is 33.2. The van der Waals surface area contributed by atoms with Crippen LogP contribution < -0.4 is 62.0 Å². The number of hydrogen-bond acceptors (Lipinski definition) is 7. The van der Waals surface area contributed by atoms with Crippen LogP contribution in [0.1, 0.15) is 0 Å². The highest BCUT2D eigenvalue weighted by Crippen LogP contribution is 2.51. The second-order valence-electron chi connectivity index (χ2n) is 16.1. The zero-order valence-electron chi connectivity index (χ0n) is 37.0. The molecule has 9 aromatic carbocycles. The third-order valence-electron chi connectivity index (χ3n) is 11.7. The minimum Gasteiger partial charge on any atom is -0.485 e. The minimum absolute atomic E-state index is 0.292. The van der Waals surface area contributed by atoms with Crippen molar-refractivity contribution >= 4 is 76.3 Å². The van der Waals surface area contributed by atoms with Crippen molar-refractivity contribution < 1.29 is 32.5 Å². The Balaban J connectivity index is 1.11. The summed E-state index contributed by atoms with van der Waals surface area (Å²) >= 11 is 0. The van der Waals surface area contributed by atoms with Crippen LogP contribution in [0.25, 0.3) is 0 Å². The molecule has 0 fully saturated rings. The third kappa shape index (κ3) is 9.42. The summed E-state index contributed by atoms with van der Waals surface area (Å²) in [5.74, 6) is 0.875. The van der Waals surface area contributed by atoms with Crippen LogP contribution in [0.3, 0.4) is 0 Å². The van der Waals surface area contributed by atoms with E-state index in [0.29, 0.717) is 65.0 Å². The third-order valence-corrected chi connectivity index (χ3v) is 22.8. The van der Waals surface area contributed by atoms with Gasteiger partial charge in [-0.05, 0) is 36.4 Å². The van der Waals surface area contributed by atoms with Gasteiger partial charge in [0.05, 0.1) is 15.9 Å². The van der Waals surface area contributed by atoms with Gasteiger partial charge in [0.2, 0.25) is 0 Å². The summed E-state index contributed by atoms with van der Waals surface area (Å²) in [6, 6.07) is 77.1. The Morgan fingerprint density at radius 3 is 0.618 bits per heavy atom. The average Bonchev–Trinajstić information content (AvgIpc) is 3.42. The van der Waals surface area contributed by atoms with Crippen LogP contribution in [0.15, 0.2) is 255 Å². The van der Waals surface area contributed by atoms with Crippen molar-refractivity contribution in [2.45, 2.75) is 0 Å². The Kier molecular flexibility index (Phi) is 14.1. The van der Waals surface area contributed by atoms with Gasteiger partial charge >= 0.3 is 0 Å². The zero-order valence-corrected chi connectivity index (χ0v) is 40.6.